The number of aliphatic hydroxyl groups is 4. The summed E-state index contributed by atoms with van der Waals surface area (Å²) in [4.78, 5) is 0. The van der Waals surface area contributed by atoms with Gasteiger partial charge in [0.05, 0.1) is 19.8 Å². The second-order valence-corrected chi connectivity index (χ2v) is 8.76. The summed E-state index contributed by atoms with van der Waals surface area (Å²) >= 11 is 6.42. The molecule has 32 heavy (non-hydrogen) atoms. The van der Waals surface area contributed by atoms with Crippen molar-refractivity contribution in [2.75, 3.05) is 19.8 Å². The van der Waals surface area contributed by atoms with Gasteiger partial charge in [0.15, 0.2) is 0 Å². The number of aliphatic hydroxyl groups excluding tert-OH is 4. The van der Waals surface area contributed by atoms with Crippen molar-refractivity contribution in [3.05, 3.63) is 64.2 Å². The molecule has 8 heteroatoms. The standard InChI is InChI=1S/C24H29ClO7/c25-19-6-3-15(24-23(29)22(28)21(27)20(13-26)32-24)12-16(19)11-14-1-4-17(5-2-14)31-18-7-9-30-10-8-18/h1-6,12,18,20-24,26-29H,7-11,13H2/t20-,21-,22+,23-,24-/m1/s1. The lowest BCUT2D eigenvalue weighted by atomic mass is 9.90. The third-order valence-electron chi connectivity index (χ3n) is 6.08. The van der Waals surface area contributed by atoms with E-state index >= 15 is 0 Å². The van der Waals surface area contributed by atoms with Gasteiger partial charge in [-0.15, -0.1) is 0 Å². The molecule has 2 fully saturated rings. The zero-order chi connectivity index (χ0) is 22.7. The fraction of sp³-hybridized carbons (Fsp3) is 0.500. The molecule has 0 unspecified atom stereocenters. The summed E-state index contributed by atoms with van der Waals surface area (Å²) in [6.45, 7) is 0.988. The second kappa shape index (κ2) is 10.5. The predicted molar refractivity (Wildman–Crippen MR) is 118 cm³/mol. The highest BCUT2D eigenvalue weighted by molar-refractivity contribution is 6.31. The van der Waals surface area contributed by atoms with Crippen molar-refractivity contribution in [3.8, 4) is 5.75 Å². The first kappa shape index (κ1) is 23.4. The molecule has 174 valence electrons. The number of benzene rings is 2. The molecule has 0 radical (unpaired) electrons. The van der Waals surface area contributed by atoms with Crippen LogP contribution in [0.5, 0.6) is 5.75 Å². The first-order valence-electron chi connectivity index (χ1n) is 10.9. The number of hydrogen-bond donors (Lipinski definition) is 4. The van der Waals surface area contributed by atoms with Crippen molar-refractivity contribution in [1.82, 2.24) is 0 Å². The van der Waals surface area contributed by atoms with Crippen LogP contribution in [-0.2, 0) is 15.9 Å². The Bertz CT molecular complexity index is 882. The fourth-order valence-electron chi connectivity index (χ4n) is 4.18. The van der Waals surface area contributed by atoms with E-state index in [1.54, 1.807) is 12.1 Å². The van der Waals surface area contributed by atoms with Gasteiger partial charge in [0, 0.05) is 17.9 Å². The summed E-state index contributed by atoms with van der Waals surface area (Å²) < 4.78 is 17.1. The summed E-state index contributed by atoms with van der Waals surface area (Å²) in [6, 6.07) is 13.1. The first-order chi connectivity index (χ1) is 15.5. The summed E-state index contributed by atoms with van der Waals surface area (Å²) in [5, 5.41) is 40.5. The van der Waals surface area contributed by atoms with Gasteiger partial charge in [-0.2, -0.15) is 0 Å². The van der Waals surface area contributed by atoms with E-state index in [0.717, 1.165) is 42.9 Å². The van der Waals surface area contributed by atoms with E-state index in [1.165, 1.54) is 0 Å². The molecule has 4 rings (SSSR count). The van der Waals surface area contributed by atoms with Gasteiger partial charge >= 0.3 is 0 Å². The molecular weight excluding hydrogens is 436 g/mol. The van der Waals surface area contributed by atoms with E-state index in [9.17, 15) is 20.4 Å². The van der Waals surface area contributed by atoms with Crippen LogP contribution in [0.15, 0.2) is 42.5 Å². The average Bonchev–Trinajstić information content (AvgIpc) is 2.81. The summed E-state index contributed by atoms with van der Waals surface area (Å²) in [5.41, 5.74) is 2.48. The number of ether oxygens (including phenoxy) is 3. The number of halogens is 1. The van der Waals surface area contributed by atoms with Gasteiger partial charge < -0.3 is 34.6 Å². The van der Waals surface area contributed by atoms with E-state index in [1.807, 2.05) is 30.3 Å². The molecule has 2 saturated heterocycles. The van der Waals surface area contributed by atoms with Crippen molar-refractivity contribution in [3.63, 3.8) is 0 Å². The maximum atomic E-state index is 10.4. The van der Waals surface area contributed by atoms with Crippen LogP contribution in [0.2, 0.25) is 5.02 Å². The lowest BCUT2D eigenvalue weighted by Gasteiger charge is -2.40. The van der Waals surface area contributed by atoms with E-state index in [4.69, 9.17) is 25.8 Å². The Balaban J connectivity index is 1.47. The Labute approximate surface area is 192 Å². The van der Waals surface area contributed by atoms with Gasteiger partial charge in [-0.1, -0.05) is 35.9 Å². The molecular formula is C24H29ClO7. The molecule has 2 aromatic rings. The van der Waals surface area contributed by atoms with E-state index in [-0.39, 0.29) is 6.10 Å². The molecule has 0 aromatic heterocycles. The summed E-state index contributed by atoms with van der Waals surface area (Å²) in [6.07, 6.45) is -3.47. The highest BCUT2D eigenvalue weighted by Crippen LogP contribution is 2.34. The maximum Gasteiger partial charge on any atom is 0.119 e. The molecule has 2 aliphatic heterocycles. The Morgan fingerprint density at radius 3 is 2.34 bits per heavy atom. The lowest BCUT2D eigenvalue weighted by Crippen LogP contribution is -2.55. The van der Waals surface area contributed by atoms with Gasteiger partial charge in [-0.3, -0.25) is 0 Å². The van der Waals surface area contributed by atoms with Gasteiger partial charge in [-0.05, 0) is 41.3 Å². The Morgan fingerprint density at radius 2 is 1.66 bits per heavy atom. The SMILES string of the molecule is OC[C@H]1O[C@H](c2ccc(Cl)c(Cc3ccc(OC4CCOCC4)cc3)c2)[C@H](O)[C@@H](O)[C@@H]1O. The molecule has 0 spiro atoms. The van der Waals surface area contributed by atoms with Crippen LogP contribution in [0.25, 0.3) is 0 Å². The maximum absolute atomic E-state index is 10.4. The predicted octanol–water partition coefficient (Wildman–Crippen LogP) is 2.00. The fourth-order valence-corrected chi connectivity index (χ4v) is 4.36. The zero-order valence-electron chi connectivity index (χ0n) is 17.6. The quantitative estimate of drug-likeness (QED) is 0.517. The van der Waals surface area contributed by atoms with Gasteiger partial charge in [0.25, 0.3) is 0 Å². The molecule has 2 aliphatic rings. The normalized spacial score (nSPS) is 29.1. The van der Waals surface area contributed by atoms with Crippen molar-refractivity contribution in [2.45, 2.75) is 55.9 Å². The van der Waals surface area contributed by atoms with Crippen molar-refractivity contribution >= 4 is 11.6 Å². The minimum Gasteiger partial charge on any atom is -0.490 e. The second-order valence-electron chi connectivity index (χ2n) is 8.35. The van der Waals surface area contributed by atoms with Crippen LogP contribution in [0.3, 0.4) is 0 Å². The first-order valence-corrected chi connectivity index (χ1v) is 11.3. The van der Waals surface area contributed by atoms with E-state index < -0.39 is 37.1 Å². The molecule has 7 nitrogen and oxygen atoms in total. The number of rotatable bonds is 6. The molecule has 0 bridgehead atoms. The van der Waals surface area contributed by atoms with Gasteiger partial charge in [0.1, 0.15) is 42.4 Å². The lowest BCUT2D eigenvalue weighted by molar-refractivity contribution is -0.231. The topological polar surface area (TPSA) is 109 Å². The summed E-state index contributed by atoms with van der Waals surface area (Å²) in [5.74, 6) is 0.821. The summed E-state index contributed by atoms with van der Waals surface area (Å²) in [7, 11) is 0. The van der Waals surface area contributed by atoms with Crippen molar-refractivity contribution in [2.24, 2.45) is 0 Å². The van der Waals surface area contributed by atoms with Crippen LogP contribution in [0.4, 0.5) is 0 Å². The van der Waals surface area contributed by atoms with E-state index in [2.05, 4.69) is 0 Å². The van der Waals surface area contributed by atoms with Crippen LogP contribution < -0.4 is 4.74 Å². The van der Waals surface area contributed by atoms with Crippen LogP contribution in [-0.4, -0.2) is 70.8 Å². The highest BCUT2D eigenvalue weighted by atomic mass is 35.5. The minimum absolute atomic E-state index is 0.180. The van der Waals surface area contributed by atoms with Gasteiger partial charge in [0.2, 0.25) is 0 Å². The monoisotopic (exact) mass is 464 g/mol. The number of hydrogen-bond acceptors (Lipinski definition) is 7. The zero-order valence-corrected chi connectivity index (χ0v) is 18.4. The smallest absolute Gasteiger partial charge is 0.119 e. The average molecular weight is 465 g/mol. The Morgan fingerprint density at radius 1 is 0.938 bits per heavy atom. The molecule has 5 atom stereocenters. The van der Waals surface area contributed by atoms with Crippen molar-refractivity contribution in [1.29, 1.82) is 0 Å². The molecule has 0 amide bonds. The molecule has 0 saturated carbocycles. The Hall–Kier alpha value is -1.71. The molecule has 2 aromatic carbocycles. The minimum atomic E-state index is -1.42. The van der Waals surface area contributed by atoms with Crippen LogP contribution in [0, 0.1) is 0 Å². The molecule has 2 heterocycles. The molecule has 0 aliphatic carbocycles. The van der Waals surface area contributed by atoms with Crippen LogP contribution in [0.1, 0.15) is 35.6 Å². The van der Waals surface area contributed by atoms with Crippen LogP contribution >= 0.6 is 11.6 Å². The highest BCUT2D eigenvalue weighted by Gasteiger charge is 2.44. The third-order valence-corrected chi connectivity index (χ3v) is 6.45. The molecule has 4 N–H and O–H groups in total. The largest absolute Gasteiger partial charge is 0.490 e. The Kier molecular flexibility index (Phi) is 7.68. The third kappa shape index (κ3) is 5.26. The van der Waals surface area contributed by atoms with Crippen molar-refractivity contribution < 1.29 is 34.6 Å². The van der Waals surface area contributed by atoms with Gasteiger partial charge in [-0.25, -0.2) is 0 Å². The van der Waals surface area contributed by atoms with E-state index in [0.29, 0.717) is 17.0 Å².